The van der Waals surface area contributed by atoms with E-state index in [1.807, 2.05) is 24.3 Å². The quantitative estimate of drug-likeness (QED) is 0.590. The third-order valence-electron chi connectivity index (χ3n) is 5.63. The van der Waals surface area contributed by atoms with Crippen LogP contribution in [0, 0.1) is 18.6 Å². The lowest BCUT2D eigenvalue weighted by Gasteiger charge is -2.40. The summed E-state index contributed by atoms with van der Waals surface area (Å²) >= 11 is 0. The molecule has 1 aliphatic rings. The third-order valence-corrected chi connectivity index (χ3v) is 5.63. The van der Waals surface area contributed by atoms with E-state index in [9.17, 15) is 8.78 Å². The second-order valence-electron chi connectivity index (χ2n) is 7.81. The van der Waals surface area contributed by atoms with Crippen molar-refractivity contribution in [3.05, 3.63) is 107 Å². The Morgan fingerprint density at radius 2 is 1.31 bits per heavy atom. The molecule has 2 nitrogen and oxygen atoms in total. The zero-order valence-electron chi connectivity index (χ0n) is 16.7. The van der Waals surface area contributed by atoms with Gasteiger partial charge in [-0.15, -0.1) is 0 Å². The molecular weight excluding hydrogens is 366 g/mol. The monoisotopic (exact) mass is 392 g/mol. The van der Waals surface area contributed by atoms with Crippen LogP contribution in [0.4, 0.5) is 8.78 Å². The lowest BCUT2D eigenvalue weighted by molar-refractivity contribution is 0.105. The summed E-state index contributed by atoms with van der Waals surface area (Å²) in [6.07, 6.45) is 0. The van der Waals surface area contributed by atoms with E-state index in [1.54, 1.807) is 0 Å². The van der Waals surface area contributed by atoms with Gasteiger partial charge in [0.1, 0.15) is 11.6 Å². The number of nitrogens with zero attached hydrogens (tertiary/aromatic N) is 2. The van der Waals surface area contributed by atoms with Crippen molar-refractivity contribution in [1.82, 2.24) is 9.80 Å². The van der Waals surface area contributed by atoms with Gasteiger partial charge >= 0.3 is 0 Å². The van der Waals surface area contributed by atoms with Crippen LogP contribution in [-0.4, -0.2) is 36.0 Å². The Bertz CT molecular complexity index is 884. The number of rotatable bonds is 5. The van der Waals surface area contributed by atoms with Gasteiger partial charge in [0, 0.05) is 32.7 Å². The van der Waals surface area contributed by atoms with Gasteiger partial charge in [-0.05, 0) is 47.9 Å². The average Bonchev–Trinajstić information content (AvgIpc) is 2.72. The summed E-state index contributed by atoms with van der Waals surface area (Å²) in [6, 6.07) is 22.0. The van der Waals surface area contributed by atoms with Gasteiger partial charge in [-0.2, -0.15) is 0 Å². The first-order chi connectivity index (χ1) is 14.1. The molecule has 0 saturated carbocycles. The fraction of sp³-hybridized carbons (Fsp3) is 0.280. The molecule has 3 aromatic rings. The van der Waals surface area contributed by atoms with Crippen molar-refractivity contribution in [1.29, 1.82) is 0 Å². The Morgan fingerprint density at radius 3 is 1.83 bits per heavy atom. The first kappa shape index (κ1) is 19.7. The van der Waals surface area contributed by atoms with Crippen LogP contribution in [0.15, 0.2) is 72.8 Å². The van der Waals surface area contributed by atoms with Crippen LogP contribution in [0.5, 0.6) is 0 Å². The van der Waals surface area contributed by atoms with Gasteiger partial charge in [-0.1, -0.05) is 54.1 Å². The molecule has 1 saturated heterocycles. The van der Waals surface area contributed by atoms with Gasteiger partial charge in [0.05, 0.1) is 6.04 Å². The van der Waals surface area contributed by atoms with Crippen molar-refractivity contribution < 1.29 is 8.78 Å². The molecule has 150 valence electrons. The van der Waals surface area contributed by atoms with Crippen LogP contribution in [-0.2, 0) is 6.54 Å². The highest BCUT2D eigenvalue weighted by Gasteiger charge is 2.26. The standard InChI is InChI=1S/C25H26F2N2/c1-19-3-2-4-20(17-19)18-28-13-15-29(16-14-28)25(21-5-9-23(26)10-6-21)22-7-11-24(27)12-8-22/h2-12,17,25H,13-16,18H2,1H3. The molecule has 1 fully saturated rings. The Hall–Kier alpha value is -2.56. The maximum Gasteiger partial charge on any atom is 0.123 e. The van der Waals surface area contributed by atoms with Crippen molar-refractivity contribution in [2.24, 2.45) is 0 Å². The summed E-state index contributed by atoms with van der Waals surface area (Å²) < 4.78 is 26.9. The first-order valence-corrected chi connectivity index (χ1v) is 10.1. The minimum Gasteiger partial charge on any atom is -0.297 e. The normalized spacial score (nSPS) is 15.7. The number of benzene rings is 3. The first-order valence-electron chi connectivity index (χ1n) is 10.1. The van der Waals surface area contributed by atoms with Gasteiger partial charge in [0.2, 0.25) is 0 Å². The van der Waals surface area contributed by atoms with E-state index in [1.165, 1.54) is 35.4 Å². The number of hydrogen-bond donors (Lipinski definition) is 0. The Kier molecular flexibility index (Phi) is 6.02. The zero-order valence-corrected chi connectivity index (χ0v) is 16.7. The lowest BCUT2D eigenvalue weighted by atomic mass is 9.96. The van der Waals surface area contributed by atoms with E-state index >= 15 is 0 Å². The van der Waals surface area contributed by atoms with Crippen LogP contribution < -0.4 is 0 Å². The van der Waals surface area contributed by atoms with E-state index in [4.69, 9.17) is 0 Å². The third kappa shape index (κ3) is 4.89. The average molecular weight is 392 g/mol. The predicted molar refractivity (Wildman–Crippen MR) is 113 cm³/mol. The molecule has 0 aromatic heterocycles. The minimum atomic E-state index is -0.241. The van der Waals surface area contributed by atoms with Crippen molar-refractivity contribution in [3.8, 4) is 0 Å². The highest BCUT2D eigenvalue weighted by molar-refractivity contribution is 5.32. The Labute approximate surface area is 171 Å². The van der Waals surface area contributed by atoms with Crippen LogP contribution in [0.3, 0.4) is 0 Å². The molecule has 3 aromatic carbocycles. The molecule has 0 N–H and O–H groups in total. The van der Waals surface area contributed by atoms with Gasteiger partial charge < -0.3 is 0 Å². The molecule has 0 bridgehead atoms. The summed E-state index contributed by atoms with van der Waals surface area (Å²) in [5.74, 6) is -0.482. The molecule has 0 spiro atoms. The molecule has 0 unspecified atom stereocenters. The molecular formula is C25H26F2N2. The van der Waals surface area contributed by atoms with Gasteiger partial charge in [-0.25, -0.2) is 8.78 Å². The zero-order chi connectivity index (χ0) is 20.2. The van der Waals surface area contributed by atoms with Crippen molar-refractivity contribution in [2.75, 3.05) is 26.2 Å². The topological polar surface area (TPSA) is 6.48 Å². The van der Waals surface area contributed by atoms with Crippen LogP contribution in [0.2, 0.25) is 0 Å². The van der Waals surface area contributed by atoms with Crippen LogP contribution >= 0.6 is 0 Å². The van der Waals surface area contributed by atoms with Crippen LogP contribution in [0.25, 0.3) is 0 Å². The van der Waals surface area contributed by atoms with E-state index in [0.29, 0.717) is 0 Å². The number of halogens is 2. The minimum absolute atomic E-state index is 0.00248. The summed E-state index contributed by atoms with van der Waals surface area (Å²) in [5.41, 5.74) is 4.69. The number of piperazine rings is 1. The molecule has 0 radical (unpaired) electrons. The molecule has 0 aliphatic carbocycles. The highest BCUT2D eigenvalue weighted by Crippen LogP contribution is 2.30. The maximum atomic E-state index is 13.5. The van der Waals surface area contributed by atoms with Gasteiger partial charge in [-0.3, -0.25) is 9.80 Å². The van der Waals surface area contributed by atoms with E-state index in [-0.39, 0.29) is 17.7 Å². The molecule has 4 rings (SSSR count). The summed E-state index contributed by atoms with van der Waals surface area (Å²) in [5, 5.41) is 0. The fourth-order valence-electron chi connectivity index (χ4n) is 4.15. The molecule has 1 aliphatic heterocycles. The van der Waals surface area contributed by atoms with E-state index in [0.717, 1.165) is 43.9 Å². The summed E-state index contributed by atoms with van der Waals surface area (Å²) in [4.78, 5) is 4.88. The van der Waals surface area contributed by atoms with Crippen LogP contribution in [0.1, 0.15) is 28.3 Å². The lowest BCUT2D eigenvalue weighted by Crippen LogP contribution is -2.47. The Morgan fingerprint density at radius 1 is 0.759 bits per heavy atom. The largest absolute Gasteiger partial charge is 0.297 e. The maximum absolute atomic E-state index is 13.5. The molecule has 0 amide bonds. The fourth-order valence-corrected chi connectivity index (χ4v) is 4.15. The van der Waals surface area contributed by atoms with Gasteiger partial charge in [0.25, 0.3) is 0 Å². The molecule has 1 heterocycles. The molecule has 4 heteroatoms. The van der Waals surface area contributed by atoms with Crippen molar-refractivity contribution in [3.63, 3.8) is 0 Å². The SMILES string of the molecule is Cc1cccc(CN2CCN(C(c3ccc(F)cc3)c3ccc(F)cc3)CC2)c1. The second-order valence-corrected chi connectivity index (χ2v) is 7.81. The Balaban J connectivity index is 1.50. The summed E-state index contributed by atoms with van der Waals surface area (Å²) in [7, 11) is 0. The number of hydrogen-bond acceptors (Lipinski definition) is 2. The number of aryl methyl sites for hydroxylation is 1. The second kappa shape index (κ2) is 8.85. The van der Waals surface area contributed by atoms with Crippen molar-refractivity contribution >= 4 is 0 Å². The van der Waals surface area contributed by atoms with Gasteiger partial charge in [0.15, 0.2) is 0 Å². The summed E-state index contributed by atoms with van der Waals surface area (Å²) in [6.45, 7) is 6.82. The van der Waals surface area contributed by atoms with E-state index in [2.05, 4.69) is 41.0 Å². The van der Waals surface area contributed by atoms with E-state index < -0.39 is 0 Å². The predicted octanol–water partition coefficient (Wildman–Crippen LogP) is 5.18. The molecule has 0 atom stereocenters. The smallest absolute Gasteiger partial charge is 0.123 e. The molecule has 29 heavy (non-hydrogen) atoms. The highest BCUT2D eigenvalue weighted by atomic mass is 19.1. The van der Waals surface area contributed by atoms with Crippen molar-refractivity contribution in [2.45, 2.75) is 19.5 Å².